The molecule has 0 fully saturated rings. The molecule has 0 aliphatic carbocycles. The Hall–Kier alpha value is -3.44. The highest BCUT2D eigenvalue weighted by atomic mass is 15.1. The van der Waals surface area contributed by atoms with Gasteiger partial charge in [-0.2, -0.15) is 5.10 Å². The predicted octanol–water partition coefficient (Wildman–Crippen LogP) is 4.23. The maximum absolute atomic E-state index is 5.76. The molecule has 4 N–H and O–H groups in total. The van der Waals surface area contributed by atoms with E-state index in [-0.39, 0.29) is 0 Å². The van der Waals surface area contributed by atoms with Crippen molar-refractivity contribution in [3.8, 4) is 22.5 Å². The highest BCUT2D eigenvalue weighted by Gasteiger charge is 2.12. The van der Waals surface area contributed by atoms with Crippen LogP contribution in [0.3, 0.4) is 0 Å². The van der Waals surface area contributed by atoms with E-state index in [0.29, 0.717) is 6.54 Å². The van der Waals surface area contributed by atoms with E-state index in [1.807, 2.05) is 18.3 Å². The lowest BCUT2D eigenvalue weighted by atomic mass is 10.0. The Labute approximate surface area is 149 Å². The SMILES string of the molecule is NCc1ccc2[nH]c(-c3n[nH]c4ccc(-c5cccnc5)cc34)cc2c1. The van der Waals surface area contributed by atoms with Gasteiger partial charge in [0, 0.05) is 40.8 Å². The molecule has 0 bridgehead atoms. The first kappa shape index (κ1) is 14.9. The van der Waals surface area contributed by atoms with E-state index in [0.717, 1.165) is 49.9 Å². The van der Waals surface area contributed by atoms with Crippen molar-refractivity contribution in [1.82, 2.24) is 20.2 Å². The third kappa shape index (κ3) is 2.37. The van der Waals surface area contributed by atoms with Crippen LogP contribution in [-0.2, 0) is 6.54 Å². The van der Waals surface area contributed by atoms with Crippen LogP contribution in [0.15, 0.2) is 67.0 Å². The number of nitrogens with two attached hydrogens (primary N) is 1. The van der Waals surface area contributed by atoms with Gasteiger partial charge in [0.25, 0.3) is 0 Å². The fourth-order valence-corrected chi connectivity index (χ4v) is 3.37. The summed E-state index contributed by atoms with van der Waals surface area (Å²) in [5, 5.41) is 9.89. The standard InChI is InChI=1S/C21H17N5/c22-11-13-3-5-18-16(8-13)10-20(24-18)21-17-9-14(4-6-19(17)25-26-21)15-2-1-7-23-12-15/h1-10,12,24H,11,22H2,(H,25,26). The van der Waals surface area contributed by atoms with Gasteiger partial charge in [-0.1, -0.05) is 18.2 Å². The molecule has 0 saturated carbocycles. The van der Waals surface area contributed by atoms with Crippen molar-refractivity contribution >= 4 is 21.8 Å². The maximum atomic E-state index is 5.76. The van der Waals surface area contributed by atoms with Gasteiger partial charge >= 0.3 is 0 Å². The molecule has 2 aromatic carbocycles. The van der Waals surface area contributed by atoms with Crippen molar-refractivity contribution in [3.63, 3.8) is 0 Å². The fraction of sp³-hybridized carbons (Fsp3) is 0.0476. The number of H-pyrrole nitrogens is 2. The van der Waals surface area contributed by atoms with Crippen LogP contribution in [0.1, 0.15) is 5.56 Å². The monoisotopic (exact) mass is 339 g/mol. The van der Waals surface area contributed by atoms with Gasteiger partial charge in [-0.05, 0) is 47.5 Å². The molecule has 0 saturated heterocycles. The van der Waals surface area contributed by atoms with Crippen LogP contribution in [0, 0.1) is 0 Å². The summed E-state index contributed by atoms with van der Waals surface area (Å²) in [6.07, 6.45) is 3.66. The average Bonchev–Trinajstić information content (AvgIpc) is 3.31. The molecular weight excluding hydrogens is 322 g/mol. The number of aromatic amines is 2. The Kier molecular flexibility index (Phi) is 3.33. The Morgan fingerprint density at radius 2 is 1.85 bits per heavy atom. The first-order valence-corrected chi connectivity index (χ1v) is 8.52. The number of nitrogens with one attached hydrogen (secondary N) is 2. The number of hydrogen-bond acceptors (Lipinski definition) is 3. The quantitative estimate of drug-likeness (QED) is 0.460. The second-order valence-electron chi connectivity index (χ2n) is 6.38. The van der Waals surface area contributed by atoms with Gasteiger partial charge in [-0.25, -0.2) is 0 Å². The predicted molar refractivity (Wildman–Crippen MR) is 105 cm³/mol. The number of aromatic nitrogens is 4. The van der Waals surface area contributed by atoms with Crippen molar-refractivity contribution in [2.75, 3.05) is 0 Å². The van der Waals surface area contributed by atoms with E-state index in [4.69, 9.17) is 5.73 Å². The normalized spacial score (nSPS) is 11.4. The molecule has 5 heteroatoms. The third-order valence-electron chi connectivity index (χ3n) is 4.73. The van der Waals surface area contributed by atoms with Gasteiger partial charge in [0.05, 0.1) is 11.2 Å². The molecule has 0 spiro atoms. The highest BCUT2D eigenvalue weighted by molar-refractivity contribution is 5.97. The second kappa shape index (κ2) is 5.82. The van der Waals surface area contributed by atoms with Gasteiger partial charge in [0.15, 0.2) is 0 Å². The van der Waals surface area contributed by atoms with E-state index in [1.54, 1.807) is 6.20 Å². The minimum absolute atomic E-state index is 0.538. The van der Waals surface area contributed by atoms with Crippen LogP contribution in [0.5, 0.6) is 0 Å². The molecule has 3 aromatic heterocycles. The molecule has 26 heavy (non-hydrogen) atoms. The molecule has 0 aliphatic rings. The zero-order valence-electron chi connectivity index (χ0n) is 14.0. The summed E-state index contributed by atoms with van der Waals surface area (Å²) in [4.78, 5) is 7.68. The highest BCUT2D eigenvalue weighted by Crippen LogP contribution is 2.31. The molecule has 5 aromatic rings. The van der Waals surface area contributed by atoms with Gasteiger partial charge in [0.1, 0.15) is 5.69 Å². The summed E-state index contributed by atoms with van der Waals surface area (Å²) in [7, 11) is 0. The van der Waals surface area contributed by atoms with Crippen LogP contribution < -0.4 is 5.73 Å². The molecule has 3 heterocycles. The van der Waals surface area contributed by atoms with Crippen molar-refractivity contribution in [2.45, 2.75) is 6.54 Å². The summed E-state index contributed by atoms with van der Waals surface area (Å²) in [6, 6.07) is 18.7. The molecule has 5 nitrogen and oxygen atoms in total. The maximum Gasteiger partial charge on any atom is 0.116 e. The summed E-state index contributed by atoms with van der Waals surface area (Å²) < 4.78 is 0. The Bertz CT molecular complexity index is 1220. The zero-order valence-corrected chi connectivity index (χ0v) is 14.0. The summed E-state index contributed by atoms with van der Waals surface area (Å²) >= 11 is 0. The summed E-state index contributed by atoms with van der Waals surface area (Å²) in [5.41, 5.74) is 13.1. The van der Waals surface area contributed by atoms with E-state index in [9.17, 15) is 0 Å². The van der Waals surface area contributed by atoms with Crippen molar-refractivity contribution in [3.05, 3.63) is 72.6 Å². The zero-order chi connectivity index (χ0) is 17.5. The Morgan fingerprint density at radius 1 is 0.923 bits per heavy atom. The van der Waals surface area contributed by atoms with Crippen molar-refractivity contribution < 1.29 is 0 Å². The molecule has 0 atom stereocenters. The fourth-order valence-electron chi connectivity index (χ4n) is 3.37. The third-order valence-corrected chi connectivity index (χ3v) is 4.73. The summed E-state index contributed by atoms with van der Waals surface area (Å²) in [6.45, 7) is 0.538. The summed E-state index contributed by atoms with van der Waals surface area (Å²) in [5.74, 6) is 0. The van der Waals surface area contributed by atoms with E-state index < -0.39 is 0 Å². The van der Waals surface area contributed by atoms with Crippen LogP contribution in [0.2, 0.25) is 0 Å². The average molecular weight is 339 g/mol. The molecular formula is C21H17N5. The van der Waals surface area contributed by atoms with Gasteiger partial charge in [-0.3, -0.25) is 10.1 Å². The van der Waals surface area contributed by atoms with Crippen LogP contribution in [0.25, 0.3) is 44.3 Å². The topological polar surface area (TPSA) is 83.4 Å². The minimum Gasteiger partial charge on any atom is -0.353 e. The lowest BCUT2D eigenvalue weighted by Crippen LogP contribution is -1.94. The molecule has 126 valence electrons. The van der Waals surface area contributed by atoms with Gasteiger partial charge < -0.3 is 10.7 Å². The Balaban J connectivity index is 1.67. The number of hydrogen-bond donors (Lipinski definition) is 3. The number of nitrogens with zero attached hydrogens (tertiary/aromatic N) is 2. The van der Waals surface area contributed by atoms with Gasteiger partial charge in [-0.15, -0.1) is 0 Å². The lowest BCUT2D eigenvalue weighted by Gasteiger charge is -2.01. The number of pyridine rings is 1. The largest absolute Gasteiger partial charge is 0.353 e. The Morgan fingerprint density at radius 3 is 2.69 bits per heavy atom. The number of fused-ring (bicyclic) bond motifs is 2. The van der Waals surface area contributed by atoms with E-state index in [2.05, 4.69) is 62.6 Å². The second-order valence-corrected chi connectivity index (χ2v) is 6.38. The van der Waals surface area contributed by atoms with Gasteiger partial charge in [0.2, 0.25) is 0 Å². The van der Waals surface area contributed by atoms with Crippen LogP contribution in [-0.4, -0.2) is 20.2 Å². The number of rotatable bonds is 3. The van der Waals surface area contributed by atoms with E-state index in [1.165, 1.54) is 0 Å². The first-order chi connectivity index (χ1) is 12.8. The van der Waals surface area contributed by atoms with Crippen molar-refractivity contribution in [1.29, 1.82) is 0 Å². The minimum atomic E-state index is 0.538. The lowest BCUT2D eigenvalue weighted by molar-refractivity contribution is 1.08. The van der Waals surface area contributed by atoms with Crippen LogP contribution in [0.4, 0.5) is 0 Å². The molecule has 0 amide bonds. The molecule has 0 radical (unpaired) electrons. The van der Waals surface area contributed by atoms with Crippen molar-refractivity contribution in [2.24, 2.45) is 5.73 Å². The first-order valence-electron chi connectivity index (χ1n) is 8.52. The molecule has 0 unspecified atom stereocenters. The van der Waals surface area contributed by atoms with E-state index >= 15 is 0 Å². The van der Waals surface area contributed by atoms with Crippen LogP contribution >= 0.6 is 0 Å². The smallest absolute Gasteiger partial charge is 0.116 e. The molecule has 5 rings (SSSR count). The number of benzene rings is 2. The molecule has 0 aliphatic heterocycles.